The summed E-state index contributed by atoms with van der Waals surface area (Å²) < 4.78 is 27.7. The Morgan fingerprint density at radius 3 is 2.68 bits per heavy atom. The highest BCUT2D eigenvalue weighted by atomic mass is 32.2. The standard InChI is InChI=1S/C23H31NO3S/c1-4-5-11-18(14-17-9-7-6-8-10-17)21(25)24-20-15-19-12-13-23(20,22(19,2)3)16-28(24,26)27/h4,6-10,18-20H,1,5,11-16H2,2-3H3/t18-,19+,20+,23+/m0/s1. The first-order chi connectivity index (χ1) is 13.2. The summed E-state index contributed by atoms with van der Waals surface area (Å²) in [5, 5.41) is 0. The van der Waals surface area contributed by atoms with Crippen LogP contribution in [0.3, 0.4) is 0 Å². The van der Waals surface area contributed by atoms with Crippen molar-refractivity contribution >= 4 is 15.9 Å². The molecule has 1 aromatic rings. The van der Waals surface area contributed by atoms with Gasteiger partial charge in [-0.2, -0.15) is 0 Å². The molecule has 1 aromatic carbocycles. The Bertz CT molecular complexity index is 876. The van der Waals surface area contributed by atoms with E-state index in [1.165, 1.54) is 4.31 Å². The third kappa shape index (κ3) is 2.77. The molecular formula is C23H31NO3S. The van der Waals surface area contributed by atoms with Gasteiger partial charge in [0.2, 0.25) is 15.9 Å². The lowest BCUT2D eigenvalue weighted by atomic mass is 9.69. The zero-order valence-corrected chi connectivity index (χ0v) is 17.7. The number of sulfonamides is 1. The smallest absolute Gasteiger partial charge is 0.239 e. The van der Waals surface area contributed by atoms with Crippen LogP contribution in [0.5, 0.6) is 0 Å². The zero-order chi connectivity index (χ0) is 20.2. The van der Waals surface area contributed by atoms with Gasteiger partial charge in [-0.05, 0) is 55.4 Å². The highest BCUT2D eigenvalue weighted by Gasteiger charge is 2.72. The summed E-state index contributed by atoms with van der Waals surface area (Å²) in [6.07, 6.45) is 6.58. The maximum atomic E-state index is 13.6. The van der Waals surface area contributed by atoms with Crippen molar-refractivity contribution in [1.29, 1.82) is 0 Å². The predicted molar refractivity (Wildman–Crippen MR) is 111 cm³/mol. The highest BCUT2D eigenvalue weighted by molar-refractivity contribution is 7.90. The molecule has 1 aliphatic heterocycles. The molecule has 3 aliphatic rings. The number of fused-ring (bicyclic) bond motifs is 1. The van der Waals surface area contributed by atoms with Crippen LogP contribution in [0.1, 0.15) is 51.5 Å². The van der Waals surface area contributed by atoms with E-state index in [0.717, 1.165) is 24.8 Å². The van der Waals surface area contributed by atoms with Crippen LogP contribution >= 0.6 is 0 Å². The average Bonchev–Trinajstić information content (AvgIpc) is 3.13. The monoisotopic (exact) mass is 401 g/mol. The number of nitrogens with zero attached hydrogens (tertiary/aromatic N) is 1. The molecule has 2 aliphatic carbocycles. The lowest BCUT2D eigenvalue weighted by Gasteiger charge is -2.37. The van der Waals surface area contributed by atoms with Crippen LogP contribution in [0, 0.1) is 22.7 Å². The molecule has 1 amide bonds. The van der Waals surface area contributed by atoms with Gasteiger partial charge in [0.25, 0.3) is 0 Å². The Hall–Kier alpha value is -1.62. The Labute approximate surface area is 169 Å². The third-order valence-electron chi connectivity index (χ3n) is 8.02. The van der Waals surface area contributed by atoms with E-state index in [4.69, 9.17) is 0 Å². The number of amides is 1. The minimum Gasteiger partial charge on any atom is -0.273 e. The predicted octanol–water partition coefficient (Wildman–Crippen LogP) is 4.18. The van der Waals surface area contributed by atoms with Gasteiger partial charge in [0.1, 0.15) is 0 Å². The summed E-state index contributed by atoms with van der Waals surface area (Å²) in [6.45, 7) is 8.22. The van der Waals surface area contributed by atoms with Gasteiger partial charge in [-0.3, -0.25) is 4.79 Å². The molecule has 4 nitrogen and oxygen atoms in total. The number of carbonyl (C=O) groups is 1. The molecular weight excluding hydrogens is 370 g/mol. The van der Waals surface area contributed by atoms with Gasteiger partial charge >= 0.3 is 0 Å². The van der Waals surface area contributed by atoms with Crippen LogP contribution in [-0.4, -0.2) is 30.4 Å². The molecule has 0 N–H and O–H groups in total. The van der Waals surface area contributed by atoms with E-state index in [2.05, 4.69) is 20.4 Å². The molecule has 4 rings (SSSR count). The van der Waals surface area contributed by atoms with Gasteiger partial charge in [-0.25, -0.2) is 12.7 Å². The molecule has 3 fully saturated rings. The van der Waals surface area contributed by atoms with Crippen molar-refractivity contribution in [2.24, 2.45) is 22.7 Å². The minimum absolute atomic E-state index is 0.0180. The summed E-state index contributed by atoms with van der Waals surface area (Å²) in [7, 11) is -3.56. The molecule has 2 bridgehead atoms. The van der Waals surface area contributed by atoms with E-state index in [1.807, 2.05) is 36.4 Å². The first-order valence-electron chi connectivity index (χ1n) is 10.4. The quantitative estimate of drug-likeness (QED) is 0.672. The van der Waals surface area contributed by atoms with Gasteiger partial charge in [-0.1, -0.05) is 50.3 Å². The van der Waals surface area contributed by atoms with E-state index >= 15 is 0 Å². The molecule has 5 heteroatoms. The van der Waals surface area contributed by atoms with E-state index in [9.17, 15) is 13.2 Å². The third-order valence-corrected chi connectivity index (χ3v) is 9.94. The van der Waals surface area contributed by atoms with Crippen molar-refractivity contribution in [3.63, 3.8) is 0 Å². The Morgan fingerprint density at radius 1 is 1.32 bits per heavy atom. The summed E-state index contributed by atoms with van der Waals surface area (Å²) in [5.74, 6) is 0.131. The molecule has 4 atom stereocenters. The average molecular weight is 402 g/mol. The van der Waals surface area contributed by atoms with Crippen LogP contribution in [0.2, 0.25) is 0 Å². The Morgan fingerprint density at radius 2 is 2.04 bits per heavy atom. The van der Waals surface area contributed by atoms with Crippen molar-refractivity contribution in [3.8, 4) is 0 Å². The fraction of sp³-hybridized carbons (Fsp3) is 0.609. The number of hydrogen-bond acceptors (Lipinski definition) is 3. The Kier molecular flexibility index (Phi) is 4.72. The molecule has 1 heterocycles. The van der Waals surface area contributed by atoms with E-state index in [1.54, 1.807) is 0 Å². The van der Waals surface area contributed by atoms with Crippen LogP contribution in [0.25, 0.3) is 0 Å². The molecule has 0 unspecified atom stereocenters. The van der Waals surface area contributed by atoms with Gasteiger partial charge in [0.05, 0.1) is 11.8 Å². The van der Waals surface area contributed by atoms with Crippen LogP contribution in [-0.2, 0) is 21.2 Å². The van der Waals surface area contributed by atoms with Gasteiger partial charge in [0.15, 0.2) is 0 Å². The topological polar surface area (TPSA) is 54.5 Å². The number of benzene rings is 1. The fourth-order valence-corrected chi connectivity index (χ4v) is 8.89. The van der Waals surface area contributed by atoms with Crippen molar-refractivity contribution in [2.75, 3.05) is 5.75 Å². The SMILES string of the molecule is C=CCC[C@@H](Cc1ccccc1)C(=O)N1[C@@H]2C[C@H]3CC[C@]2(CS1(=O)=O)C3(C)C. The molecule has 28 heavy (non-hydrogen) atoms. The molecule has 0 radical (unpaired) electrons. The first kappa shape index (κ1) is 19.7. The lowest BCUT2D eigenvalue weighted by Crippen LogP contribution is -2.46. The van der Waals surface area contributed by atoms with Gasteiger partial charge < -0.3 is 0 Å². The van der Waals surface area contributed by atoms with E-state index in [-0.39, 0.29) is 34.4 Å². The largest absolute Gasteiger partial charge is 0.273 e. The maximum absolute atomic E-state index is 13.6. The van der Waals surface area contributed by atoms with Crippen LogP contribution < -0.4 is 0 Å². The maximum Gasteiger partial charge on any atom is 0.239 e. The molecule has 1 saturated heterocycles. The van der Waals surface area contributed by atoms with Crippen LogP contribution in [0.15, 0.2) is 43.0 Å². The molecule has 2 saturated carbocycles. The number of rotatable bonds is 6. The lowest BCUT2D eigenvalue weighted by molar-refractivity contribution is -0.133. The summed E-state index contributed by atoms with van der Waals surface area (Å²) >= 11 is 0. The summed E-state index contributed by atoms with van der Waals surface area (Å²) in [5.41, 5.74) is 0.794. The van der Waals surface area contributed by atoms with E-state index < -0.39 is 10.0 Å². The summed E-state index contributed by atoms with van der Waals surface area (Å²) in [4.78, 5) is 13.6. The number of hydrogen-bond donors (Lipinski definition) is 0. The second kappa shape index (κ2) is 6.72. The normalized spacial score (nSPS) is 32.9. The first-order valence-corrected chi connectivity index (χ1v) is 12.0. The van der Waals surface area contributed by atoms with Crippen molar-refractivity contribution < 1.29 is 13.2 Å². The fourth-order valence-electron chi connectivity index (χ4n) is 6.29. The highest BCUT2D eigenvalue weighted by Crippen LogP contribution is 2.70. The molecule has 152 valence electrons. The van der Waals surface area contributed by atoms with E-state index in [0.29, 0.717) is 25.2 Å². The second-order valence-electron chi connectivity index (χ2n) is 9.51. The zero-order valence-electron chi connectivity index (χ0n) is 16.9. The Balaban J connectivity index is 1.66. The number of allylic oxidation sites excluding steroid dienone is 1. The second-order valence-corrected chi connectivity index (χ2v) is 11.4. The van der Waals surface area contributed by atoms with Crippen molar-refractivity contribution in [1.82, 2.24) is 4.31 Å². The molecule has 0 aromatic heterocycles. The van der Waals surface area contributed by atoms with Crippen molar-refractivity contribution in [2.45, 2.75) is 58.4 Å². The minimum atomic E-state index is -3.56. The van der Waals surface area contributed by atoms with Gasteiger partial charge in [-0.15, -0.1) is 6.58 Å². The number of carbonyl (C=O) groups excluding carboxylic acids is 1. The molecule has 1 spiro atoms. The van der Waals surface area contributed by atoms with Crippen LogP contribution in [0.4, 0.5) is 0 Å². The van der Waals surface area contributed by atoms with Crippen molar-refractivity contribution in [3.05, 3.63) is 48.6 Å². The van der Waals surface area contributed by atoms with Gasteiger partial charge in [0, 0.05) is 11.3 Å². The summed E-state index contributed by atoms with van der Waals surface area (Å²) in [6, 6.07) is 9.75.